The van der Waals surface area contributed by atoms with E-state index in [1.54, 1.807) is 31.4 Å². The molecule has 7 heteroatoms. The predicted molar refractivity (Wildman–Crippen MR) is 106 cm³/mol. The molecular weight excluding hydrogens is 360 g/mol. The largest absolute Gasteiger partial charge is 0.496 e. The third kappa shape index (κ3) is 5.33. The molecule has 0 unspecified atom stereocenters. The van der Waals surface area contributed by atoms with Crippen molar-refractivity contribution in [2.24, 2.45) is 0 Å². The molecule has 28 heavy (non-hydrogen) atoms. The van der Waals surface area contributed by atoms with Gasteiger partial charge in [0.05, 0.1) is 25.5 Å². The lowest BCUT2D eigenvalue weighted by atomic mass is 10.1. The lowest BCUT2D eigenvalue weighted by Crippen LogP contribution is -2.41. The number of methoxy groups -OCH3 is 2. The van der Waals surface area contributed by atoms with E-state index in [-0.39, 0.29) is 23.9 Å². The van der Waals surface area contributed by atoms with E-state index in [1.807, 2.05) is 24.3 Å². The van der Waals surface area contributed by atoms with E-state index in [1.165, 1.54) is 18.9 Å². The third-order valence-corrected chi connectivity index (χ3v) is 4.19. The molecular formula is C21H24N2O5. The maximum absolute atomic E-state index is 12.4. The van der Waals surface area contributed by atoms with E-state index < -0.39 is 5.97 Å². The van der Waals surface area contributed by atoms with Gasteiger partial charge in [0, 0.05) is 13.5 Å². The van der Waals surface area contributed by atoms with Gasteiger partial charge in [0.2, 0.25) is 11.8 Å². The molecule has 0 atom stereocenters. The summed E-state index contributed by atoms with van der Waals surface area (Å²) in [6.45, 7) is 1.54. The predicted octanol–water partition coefficient (Wildman–Crippen LogP) is 2.19. The Labute approximate surface area is 164 Å². The van der Waals surface area contributed by atoms with E-state index in [2.05, 4.69) is 5.32 Å². The van der Waals surface area contributed by atoms with Crippen LogP contribution in [0.1, 0.15) is 22.8 Å². The number of hydrogen-bond acceptors (Lipinski definition) is 5. The van der Waals surface area contributed by atoms with Crippen molar-refractivity contribution in [3.05, 3.63) is 59.7 Å². The molecule has 2 aromatic carbocycles. The van der Waals surface area contributed by atoms with Crippen molar-refractivity contribution in [3.63, 3.8) is 0 Å². The number of carbonyl (C=O) groups is 3. The molecule has 7 nitrogen and oxygen atoms in total. The fraction of sp³-hybridized carbons (Fsp3) is 0.286. The van der Waals surface area contributed by atoms with Gasteiger partial charge in [-0.1, -0.05) is 30.3 Å². The van der Waals surface area contributed by atoms with Crippen molar-refractivity contribution >= 4 is 23.5 Å². The zero-order valence-corrected chi connectivity index (χ0v) is 16.2. The lowest BCUT2D eigenvalue weighted by Gasteiger charge is -2.22. The number of hydrogen-bond donors (Lipinski definition) is 1. The van der Waals surface area contributed by atoms with Gasteiger partial charge in [-0.05, 0) is 30.2 Å². The first-order chi connectivity index (χ1) is 13.5. The van der Waals surface area contributed by atoms with Crippen LogP contribution in [0.25, 0.3) is 0 Å². The van der Waals surface area contributed by atoms with Gasteiger partial charge in [-0.25, -0.2) is 4.79 Å². The van der Waals surface area contributed by atoms with E-state index >= 15 is 0 Å². The fourth-order valence-electron chi connectivity index (χ4n) is 2.80. The van der Waals surface area contributed by atoms with Crippen LogP contribution in [0.5, 0.6) is 5.75 Å². The van der Waals surface area contributed by atoms with Gasteiger partial charge in [-0.3, -0.25) is 9.59 Å². The number of esters is 1. The molecule has 0 spiro atoms. The van der Waals surface area contributed by atoms with Crippen LogP contribution in [-0.2, 0) is 20.7 Å². The van der Waals surface area contributed by atoms with Gasteiger partial charge >= 0.3 is 5.97 Å². The molecule has 2 aromatic rings. The Kier molecular flexibility index (Phi) is 7.56. The summed E-state index contributed by atoms with van der Waals surface area (Å²) in [4.78, 5) is 37.7. The average molecular weight is 384 g/mol. The first-order valence-electron chi connectivity index (χ1n) is 8.82. The molecule has 0 radical (unpaired) electrons. The number of amides is 2. The minimum absolute atomic E-state index is 0.199. The summed E-state index contributed by atoms with van der Waals surface area (Å²) in [5.74, 6) is -0.492. The van der Waals surface area contributed by atoms with Crippen LogP contribution >= 0.6 is 0 Å². The molecule has 2 rings (SSSR count). The molecule has 0 saturated carbocycles. The molecule has 0 aliphatic heterocycles. The maximum Gasteiger partial charge on any atom is 0.339 e. The van der Waals surface area contributed by atoms with Gasteiger partial charge < -0.3 is 19.7 Å². The maximum atomic E-state index is 12.4. The molecule has 2 amide bonds. The monoisotopic (exact) mass is 384 g/mol. The first kappa shape index (κ1) is 21.0. The van der Waals surface area contributed by atoms with Gasteiger partial charge in [0.15, 0.2) is 0 Å². The van der Waals surface area contributed by atoms with Crippen molar-refractivity contribution < 1.29 is 23.9 Å². The molecule has 0 fully saturated rings. The van der Waals surface area contributed by atoms with Crippen molar-refractivity contribution in [2.45, 2.75) is 13.3 Å². The van der Waals surface area contributed by atoms with E-state index in [4.69, 9.17) is 9.47 Å². The Bertz CT molecular complexity index is 850. The number of nitrogens with one attached hydrogen (secondary N) is 1. The van der Waals surface area contributed by atoms with Crippen molar-refractivity contribution in [1.82, 2.24) is 5.32 Å². The summed E-state index contributed by atoms with van der Waals surface area (Å²) in [7, 11) is 2.86. The molecule has 0 aliphatic rings. The molecule has 0 saturated heterocycles. The second-order valence-corrected chi connectivity index (χ2v) is 6.03. The third-order valence-electron chi connectivity index (χ3n) is 4.19. The summed E-state index contributed by atoms with van der Waals surface area (Å²) in [6.07, 6.45) is 0.592. The number of anilines is 1. The van der Waals surface area contributed by atoms with Crippen LogP contribution in [0.4, 0.5) is 5.69 Å². The van der Waals surface area contributed by atoms with Crippen molar-refractivity contribution in [2.75, 3.05) is 32.2 Å². The second-order valence-electron chi connectivity index (χ2n) is 6.03. The number of nitrogens with zero attached hydrogens (tertiary/aromatic N) is 1. The fourth-order valence-corrected chi connectivity index (χ4v) is 2.80. The lowest BCUT2D eigenvalue weighted by molar-refractivity contribution is -0.123. The highest BCUT2D eigenvalue weighted by molar-refractivity contribution is 6.04. The van der Waals surface area contributed by atoms with Crippen LogP contribution in [0.2, 0.25) is 0 Å². The minimum atomic E-state index is -0.571. The van der Waals surface area contributed by atoms with Crippen LogP contribution < -0.4 is 15.0 Å². The normalized spacial score (nSPS) is 10.1. The molecule has 0 aromatic heterocycles. The second kappa shape index (κ2) is 10.1. The Hall–Kier alpha value is -3.35. The molecule has 0 bridgehead atoms. The first-order valence-corrected chi connectivity index (χ1v) is 8.82. The Morgan fingerprint density at radius 2 is 1.68 bits per heavy atom. The number of benzene rings is 2. The van der Waals surface area contributed by atoms with E-state index in [9.17, 15) is 14.4 Å². The van der Waals surface area contributed by atoms with E-state index in [0.29, 0.717) is 18.7 Å². The Morgan fingerprint density at radius 1 is 1.00 bits per heavy atom. The summed E-state index contributed by atoms with van der Waals surface area (Å²) >= 11 is 0. The minimum Gasteiger partial charge on any atom is -0.496 e. The van der Waals surface area contributed by atoms with Crippen molar-refractivity contribution in [3.8, 4) is 5.75 Å². The topological polar surface area (TPSA) is 84.9 Å². The zero-order chi connectivity index (χ0) is 20.5. The summed E-state index contributed by atoms with van der Waals surface area (Å²) in [5.41, 5.74) is 1.54. The summed E-state index contributed by atoms with van der Waals surface area (Å²) < 4.78 is 10.1. The summed E-state index contributed by atoms with van der Waals surface area (Å²) in [6, 6.07) is 14.1. The number of rotatable bonds is 8. The Morgan fingerprint density at radius 3 is 2.36 bits per heavy atom. The SMILES string of the molecule is COC(=O)c1ccccc1N(CC(=O)NCCc1ccccc1OC)C(C)=O. The van der Waals surface area contributed by atoms with Gasteiger partial charge in [-0.2, -0.15) is 0 Å². The number of para-hydroxylation sites is 2. The van der Waals surface area contributed by atoms with Gasteiger partial charge in [0.25, 0.3) is 0 Å². The molecule has 1 N–H and O–H groups in total. The van der Waals surface area contributed by atoms with Crippen LogP contribution in [-0.4, -0.2) is 45.1 Å². The van der Waals surface area contributed by atoms with Crippen LogP contribution in [0.3, 0.4) is 0 Å². The zero-order valence-electron chi connectivity index (χ0n) is 16.2. The van der Waals surface area contributed by atoms with Crippen LogP contribution in [0, 0.1) is 0 Å². The molecule has 0 heterocycles. The highest BCUT2D eigenvalue weighted by atomic mass is 16.5. The molecule has 0 aliphatic carbocycles. The van der Waals surface area contributed by atoms with Gasteiger partial charge in [-0.15, -0.1) is 0 Å². The smallest absolute Gasteiger partial charge is 0.339 e. The molecule has 148 valence electrons. The summed E-state index contributed by atoms with van der Waals surface area (Å²) in [5, 5.41) is 2.80. The quantitative estimate of drug-likeness (QED) is 0.706. The van der Waals surface area contributed by atoms with E-state index in [0.717, 1.165) is 11.3 Å². The average Bonchev–Trinajstić information content (AvgIpc) is 2.71. The highest BCUT2D eigenvalue weighted by Crippen LogP contribution is 2.21. The number of ether oxygens (including phenoxy) is 2. The number of carbonyl (C=O) groups excluding carboxylic acids is 3. The van der Waals surface area contributed by atoms with Crippen molar-refractivity contribution in [1.29, 1.82) is 0 Å². The standard InChI is InChI=1S/C21H24N2O5/c1-15(24)23(18-10-6-5-9-17(18)21(26)28-3)14-20(25)22-13-12-16-8-4-7-11-19(16)27-2/h4-11H,12-14H2,1-3H3,(H,22,25). The van der Waals surface area contributed by atoms with Crippen LogP contribution in [0.15, 0.2) is 48.5 Å². The Balaban J connectivity index is 2.04. The van der Waals surface area contributed by atoms with Gasteiger partial charge in [0.1, 0.15) is 12.3 Å². The highest BCUT2D eigenvalue weighted by Gasteiger charge is 2.21.